The van der Waals surface area contributed by atoms with E-state index in [1.54, 1.807) is 11.8 Å². The highest BCUT2D eigenvalue weighted by Crippen LogP contribution is 2.34. The molecule has 0 atom stereocenters. The Hall–Kier alpha value is -2.60. The summed E-state index contributed by atoms with van der Waals surface area (Å²) in [7, 11) is 0. The fourth-order valence-corrected chi connectivity index (χ4v) is 3.13. The monoisotopic (exact) mass is 340 g/mol. The van der Waals surface area contributed by atoms with Gasteiger partial charge in [-0.2, -0.15) is 0 Å². The number of nitrogens with one attached hydrogen (secondary N) is 2. The molecule has 0 unspecified atom stereocenters. The number of anilines is 1. The van der Waals surface area contributed by atoms with Crippen LogP contribution in [0.1, 0.15) is 5.56 Å². The lowest BCUT2D eigenvalue weighted by Gasteiger charge is -2.08. The molecule has 2 heterocycles. The zero-order chi connectivity index (χ0) is 16.5. The quantitative estimate of drug-likeness (QED) is 0.711. The zero-order valence-electron chi connectivity index (χ0n) is 13.1. The van der Waals surface area contributed by atoms with Gasteiger partial charge in [-0.05, 0) is 42.0 Å². The molecule has 1 aliphatic rings. The van der Waals surface area contributed by atoms with Crippen molar-refractivity contribution in [3.63, 3.8) is 0 Å². The molecule has 0 radical (unpaired) electrons. The minimum Gasteiger partial charge on any atom is -0.454 e. The van der Waals surface area contributed by atoms with E-state index in [4.69, 9.17) is 9.47 Å². The van der Waals surface area contributed by atoms with Gasteiger partial charge in [0.2, 0.25) is 6.79 Å². The lowest BCUT2D eigenvalue weighted by molar-refractivity contribution is 0.174. The highest BCUT2D eigenvalue weighted by molar-refractivity contribution is 7.98. The van der Waals surface area contributed by atoms with Crippen LogP contribution >= 0.6 is 11.8 Å². The van der Waals surface area contributed by atoms with Gasteiger partial charge in [0.1, 0.15) is 0 Å². The standard InChI is InChI=1S/C18H16N2O3S/c1-24-14-4-2-11-6-12(18(21)20-15(11)8-14)9-19-13-3-5-16-17(7-13)23-10-22-16/h2-8,19H,9-10H2,1H3,(H,20,21). The molecule has 1 aromatic heterocycles. The number of pyridine rings is 1. The summed E-state index contributed by atoms with van der Waals surface area (Å²) in [5.74, 6) is 1.46. The van der Waals surface area contributed by atoms with Gasteiger partial charge in [-0.15, -0.1) is 11.8 Å². The third-order valence-corrected chi connectivity index (χ3v) is 4.71. The van der Waals surface area contributed by atoms with Gasteiger partial charge in [-0.1, -0.05) is 6.07 Å². The second-order valence-electron chi connectivity index (χ2n) is 5.50. The molecule has 0 spiro atoms. The summed E-state index contributed by atoms with van der Waals surface area (Å²) in [6, 6.07) is 13.7. The maximum Gasteiger partial charge on any atom is 0.253 e. The number of fused-ring (bicyclic) bond motifs is 2. The van der Waals surface area contributed by atoms with Crippen LogP contribution in [0.15, 0.2) is 52.2 Å². The maximum absolute atomic E-state index is 12.3. The molecule has 2 aromatic carbocycles. The zero-order valence-corrected chi connectivity index (χ0v) is 13.9. The van der Waals surface area contributed by atoms with Crippen molar-refractivity contribution in [3.05, 3.63) is 58.4 Å². The van der Waals surface area contributed by atoms with Crippen molar-refractivity contribution in [2.45, 2.75) is 11.4 Å². The summed E-state index contributed by atoms with van der Waals surface area (Å²) >= 11 is 1.65. The smallest absolute Gasteiger partial charge is 0.253 e. The predicted octanol–water partition coefficient (Wildman–Crippen LogP) is 3.59. The molecular weight excluding hydrogens is 324 g/mol. The van der Waals surface area contributed by atoms with E-state index in [1.807, 2.05) is 42.7 Å². The number of rotatable bonds is 4. The Morgan fingerprint density at radius 1 is 1.12 bits per heavy atom. The van der Waals surface area contributed by atoms with E-state index in [0.717, 1.165) is 33.0 Å². The molecule has 4 rings (SSSR count). The maximum atomic E-state index is 12.3. The minimum absolute atomic E-state index is 0.0750. The lowest BCUT2D eigenvalue weighted by Crippen LogP contribution is -2.15. The van der Waals surface area contributed by atoms with Crippen LogP contribution in [0.4, 0.5) is 5.69 Å². The number of hydrogen-bond donors (Lipinski definition) is 2. The molecule has 6 heteroatoms. The van der Waals surface area contributed by atoms with Gasteiger partial charge in [0.15, 0.2) is 11.5 Å². The van der Waals surface area contributed by atoms with Gasteiger partial charge >= 0.3 is 0 Å². The molecule has 0 bridgehead atoms. The molecule has 122 valence electrons. The van der Waals surface area contributed by atoms with Crippen LogP contribution in [0.2, 0.25) is 0 Å². The number of hydrogen-bond acceptors (Lipinski definition) is 5. The van der Waals surface area contributed by atoms with Gasteiger partial charge in [0.05, 0.1) is 0 Å². The average Bonchev–Trinajstić information content (AvgIpc) is 3.07. The summed E-state index contributed by atoms with van der Waals surface area (Å²) in [4.78, 5) is 16.4. The van der Waals surface area contributed by atoms with Gasteiger partial charge in [0, 0.05) is 34.3 Å². The van der Waals surface area contributed by atoms with Gasteiger partial charge < -0.3 is 19.8 Å². The predicted molar refractivity (Wildman–Crippen MR) is 96.2 cm³/mol. The molecule has 0 fully saturated rings. The largest absolute Gasteiger partial charge is 0.454 e. The third-order valence-electron chi connectivity index (χ3n) is 3.99. The molecule has 2 N–H and O–H groups in total. The molecular formula is C18H16N2O3S. The Balaban J connectivity index is 1.58. The van der Waals surface area contributed by atoms with Crippen molar-refractivity contribution in [3.8, 4) is 11.5 Å². The van der Waals surface area contributed by atoms with E-state index < -0.39 is 0 Å². The number of benzene rings is 2. The van der Waals surface area contributed by atoms with E-state index in [1.165, 1.54) is 0 Å². The summed E-state index contributed by atoms with van der Waals surface area (Å²) in [5, 5.41) is 4.28. The average molecular weight is 340 g/mol. The van der Waals surface area contributed by atoms with Crippen LogP contribution in [0, 0.1) is 0 Å². The van der Waals surface area contributed by atoms with Gasteiger partial charge in [-0.25, -0.2) is 0 Å². The summed E-state index contributed by atoms with van der Waals surface area (Å²) in [5.41, 5.74) is 2.36. The van der Waals surface area contributed by atoms with E-state index >= 15 is 0 Å². The first-order valence-electron chi connectivity index (χ1n) is 7.56. The minimum atomic E-state index is -0.0750. The number of aromatic amines is 1. The summed E-state index contributed by atoms with van der Waals surface area (Å²) < 4.78 is 10.7. The fraction of sp³-hybridized carbons (Fsp3) is 0.167. The normalized spacial score (nSPS) is 12.5. The molecule has 0 saturated carbocycles. The topological polar surface area (TPSA) is 63.4 Å². The first-order chi connectivity index (χ1) is 11.7. The Labute approximate surface area is 143 Å². The highest BCUT2D eigenvalue weighted by atomic mass is 32.2. The molecule has 5 nitrogen and oxygen atoms in total. The Morgan fingerprint density at radius 3 is 2.88 bits per heavy atom. The van der Waals surface area contributed by atoms with Crippen LogP contribution in [-0.2, 0) is 6.54 Å². The molecule has 0 amide bonds. The molecule has 0 aliphatic carbocycles. The SMILES string of the molecule is CSc1ccc2cc(CNc3ccc4c(c3)OCO4)c(=O)[nH]c2c1. The fourth-order valence-electron chi connectivity index (χ4n) is 2.69. The first-order valence-corrected chi connectivity index (χ1v) is 8.79. The molecule has 0 saturated heterocycles. The van der Waals surface area contributed by atoms with Crippen molar-refractivity contribution in [1.82, 2.24) is 4.98 Å². The Kier molecular flexibility index (Phi) is 3.82. The summed E-state index contributed by atoms with van der Waals surface area (Å²) in [6.07, 6.45) is 2.02. The molecule has 24 heavy (non-hydrogen) atoms. The number of ether oxygens (including phenoxy) is 2. The van der Waals surface area contributed by atoms with E-state index in [9.17, 15) is 4.79 Å². The second kappa shape index (κ2) is 6.13. The van der Waals surface area contributed by atoms with Crippen molar-refractivity contribution in [2.24, 2.45) is 0 Å². The van der Waals surface area contributed by atoms with Gasteiger partial charge in [-0.3, -0.25) is 4.79 Å². The Morgan fingerprint density at radius 2 is 2.00 bits per heavy atom. The van der Waals surface area contributed by atoms with E-state index in [0.29, 0.717) is 12.1 Å². The van der Waals surface area contributed by atoms with Crippen LogP contribution in [0.3, 0.4) is 0 Å². The lowest BCUT2D eigenvalue weighted by atomic mass is 10.1. The number of thioether (sulfide) groups is 1. The van der Waals surface area contributed by atoms with Crippen molar-refractivity contribution in [1.29, 1.82) is 0 Å². The van der Waals surface area contributed by atoms with Crippen LogP contribution in [0.25, 0.3) is 10.9 Å². The van der Waals surface area contributed by atoms with Crippen molar-refractivity contribution >= 4 is 28.4 Å². The first kappa shape index (κ1) is 15.0. The Bertz CT molecular complexity index is 968. The van der Waals surface area contributed by atoms with Gasteiger partial charge in [0.25, 0.3) is 5.56 Å². The van der Waals surface area contributed by atoms with E-state index in [2.05, 4.69) is 16.4 Å². The summed E-state index contributed by atoms with van der Waals surface area (Å²) in [6.45, 7) is 0.691. The van der Waals surface area contributed by atoms with Crippen LogP contribution in [0.5, 0.6) is 11.5 Å². The number of aromatic nitrogens is 1. The third kappa shape index (κ3) is 2.80. The van der Waals surface area contributed by atoms with E-state index in [-0.39, 0.29) is 12.4 Å². The van der Waals surface area contributed by atoms with Crippen molar-refractivity contribution < 1.29 is 9.47 Å². The number of H-pyrrole nitrogens is 1. The molecule has 3 aromatic rings. The van der Waals surface area contributed by atoms with Crippen LogP contribution in [-0.4, -0.2) is 18.0 Å². The van der Waals surface area contributed by atoms with Crippen molar-refractivity contribution in [2.75, 3.05) is 18.4 Å². The highest BCUT2D eigenvalue weighted by Gasteiger charge is 2.13. The second-order valence-corrected chi connectivity index (χ2v) is 6.38. The molecule has 1 aliphatic heterocycles. The van der Waals surface area contributed by atoms with Crippen LogP contribution < -0.4 is 20.3 Å².